The lowest BCUT2D eigenvalue weighted by Crippen LogP contribution is -2.48. The monoisotopic (exact) mass is 416 g/mol. The van der Waals surface area contributed by atoms with Gasteiger partial charge in [0.2, 0.25) is 17.7 Å². The lowest BCUT2D eigenvalue weighted by Gasteiger charge is -2.10. The number of amides is 3. The topological polar surface area (TPSA) is 99.3 Å². The van der Waals surface area contributed by atoms with E-state index in [0.29, 0.717) is 6.54 Å². The van der Waals surface area contributed by atoms with Gasteiger partial charge in [0.15, 0.2) is 5.11 Å². The van der Waals surface area contributed by atoms with E-state index in [0.717, 1.165) is 10.4 Å². The van der Waals surface area contributed by atoms with Gasteiger partial charge in [-0.3, -0.25) is 30.6 Å². The molecule has 9 heteroatoms. The predicted molar refractivity (Wildman–Crippen MR) is 113 cm³/mol. The molecule has 2 aromatic rings. The standard InChI is InChI=1S/C19H20N4O3S2/c24-16(20-13-14-5-2-1-3-6-14)10-11-18(26)22-23-19(27)21-17(25)9-8-15-7-4-12-28-15/h1-9,12H,10-11,13H2,(H,20,24)(H,22,26)(H2,21,23,25,27). The number of thiocarbonyl (C=S) groups is 1. The predicted octanol–water partition coefficient (Wildman–Crippen LogP) is 1.88. The Morgan fingerprint density at radius 1 is 0.964 bits per heavy atom. The molecule has 0 aliphatic carbocycles. The molecule has 1 aromatic carbocycles. The minimum atomic E-state index is -0.416. The zero-order chi connectivity index (χ0) is 20.2. The number of hydrogen-bond acceptors (Lipinski definition) is 5. The fourth-order valence-electron chi connectivity index (χ4n) is 2.03. The van der Waals surface area contributed by atoms with Crippen LogP contribution in [0.5, 0.6) is 0 Å². The van der Waals surface area contributed by atoms with Crippen molar-refractivity contribution in [3.05, 3.63) is 64.4 Å². The maximum absolute atomic E-state index is 11.8. The molecule has 3 amide bonds. The van der Waals surface area contributed by atoms with Gasteiger partial charge in [0.05, 0.1) is 0 Å². The van der Waals surface area contributed by atoms with Gasteiger partial charge in [-0.1, -0.05) is 36.4 Å². The van der Waals surface area contributed by atoms with Gasteiger partial charge >= 0.3 is 0 Å². The minimum Gasteiger partial charge on any atom is -0.352 e. The van der Waals surface area contributed by atoms with Crippen molar-refractivity contribution in [3.63, 3.8) is 0 Å². The normalized spacial score (nSPS) is 10.3. The van der Waals surface area contributed by atoms with Gasteiger partial charge in [-0.15, -0.1) is 11.3 Å². The van der Waals surface area contributed by atoms with Crippen molar-refractivity contribution in [2.45, 2.75) is 19.4 Å². The average Bonchev–Trinajstić information content (AvgIpc) is 3.22. The van der Waals surface area contributed by atoms with Crippen LogP contribution in [0.2, 0.25) is 0 Å². The highest BCUT2D eigenvalue weighted by molar-refractivity contribution is 7.80. The fourth-order valence-corrected chi connectivity index (χ4v) is 2.80. The zero-order valence-corrected chi connectivity index (χ0v) is 16.6. The Balaban J connectivity index is 1.58. The SMILES string of the molecule is O=C(C=Cc1cccs1)NC(=S)NNC(=O)CCC(=O)NCc1ccccc1. The van der Waals surface area contributed by atoms with Crippen LogP contribution in [0.3, 0.4) is 0 Å². The second-order valence-corrected chi connectivity index (χ2v) is 6.99. The highest BCUT2D eigenvalue weighted by Crippen LogP contribution is 2.09. The summed E-state index contributed by atoms with van der Waals surface area (Å²) < 4.78 is 0. The molecule has 0 saturated carbocycles. The van der Waals surface area contributed by atoms with Gasteiger partial charge in [-0.25, -0.2) is 0 Å². The first kappa shape index (κ1) is 21.3. The van der Waals surface area contributed by atoms with E-state index in [9.17, 15) is 14.4 Å². The molecule has 146 valence electrons. The molecule has 1 heterocycles. The molecule has 0 atom stereocenters. The summed E-state index contributed by atoms with van der Waals surface area (Å²) in [6.45, 7) is 0.411. The summed E-state index contributed by atoms with van der Waals surface area (Å²) in [6.07, 6.45) is 3.04. The lowest BCUT2D eigenvalue weighted by molar-refractivity contribution is -0.126. The van der Waals surface area contributed by atoms with E-state index in [1.807, 2.05) is 47.8 Å². The number of rotatable bonds is 7. The van der Waals surface area contributed by atoms with Gasteiger partial charge in [-0.2, -0.15) is 0 Å². The van der Waals surface area contributed by atoms with Gasteiger partial charge in [-0.05, 0) is 35.3 Å². The average molecular weight is 417 g/mol. The maximum Gasteiger partial charge on any atom is 0.250 e. The lowest BCUT2D eigenvalue weighted by atomic mass is 10.2. The quantitative estimate of drug-likeness (QED) is 0.314. The van der Waals surface area contributed by atoms with E-state index in [1.165, 1.54) is 17.4 Å². The highest BCUT2D eigenvalue weighted by atomic mass is 32.1. The third-order valence-corrected chi connectivity index (χ3v) is 4.45. The second kappa shape index (κ2) is 11.6. The van der Waals surface area contributed by atoms with Crippen molar-refractivity contribution in [2.75, 3.05) is 0 Å². The summed E-state index contributed by atoms with van der Waals surface area (Å²) >= 11 is 6.43. The van der Waals surface area contributed by atoms with Crippen LogP contribution in [-0.2, 0) is 20.9 Å². The summed E-state index contributed by atoms with van der Waals surface area (Å²) in [6, 6.07) is 13.2. The maximum atomic E-state index is 11.8. The summed E-state index contributed by atoms with van der Waals surface area (Å²) in [7, 11) is 0. The Bertz CT molecular complexity index is 836. The summed E-state index contributed by atoms with van der Waals surface area (Å²) in [5.74, 6) is -1.06. The number of nitrogens with one attached hydrogen (secondary N) is 4. The molecule has 28 heavy (non-hydrogen) atoms. The summed E-state index contributed by atoms with van der Waals surface area (Å²) in [5, 5.41) is 7.01. The number of benzene rings is 1. The molecule has 0 saturated heterocycles. The van der Waals surface area contributed by atoms with E-state index in [4.69, 9.17) is 12.2 Å². The van der Waals surface area contributed by atoms with Crippen LogP contribution in [0.1, 0.15) is 23.3 Å². The highest BCUT2D eigenvalue weighted by Gasteiger charge is 2.08. The van der Waals surface area contributed by atoms with E-state index in [2.05, 4.69) is 21.5 Å². The first-order valence-electron chi connectivity index (χ1n) is 8.45. The molecule has 0 unspecified atom stereocenters. The Kier molecular flexibility index (Phi) is 8.83. The van der Waals surface area contributed by atoms with Gasteiger partial charge in [0.25, 0.3) is 0 Å². The molecule has 0 spiro atoms. The van der Waals surface area contributed by atoms with Crippen molar-refractivity contribution in [1.29, 1.82) is 0 Å². The number of carbonyl (C=O) groups excluding carboxylic acids is 3. The second-order valence-electron chi connectivity index (χ2n) is 5.60. The number of thiophene rings is 1. The smallest absolute Gasteiger partial charge is 0.250 e. The van der Waals surface area contributed by atoms with Gasteiger partial charge < -0.3 is 5.32 Å². The fraction of sp³-hybridized carbons (Fsp3) is 0.158. The zero-order valence-electron chi connectivity index (χ0n) is 14.9. The molecular formula is C19H20N4O3S2. The van der Waals surface area contributed by atoms with Crippen LogP contribution in [0, 0.1) is 0 Å². The van der Waals surface area contributed by atoms with Crippen LogP contribution < -0.4 is 21.5 Å². The van der Waals surface area contributed by atoms with Gasteiger partial charge in [0.1, 0.15) is 0 Å². The molecule has 0 bridgehead atoms. The Morgan fingerprint density at radius 3 is 2.43 bits per heavy atom. The molecule has 0 radical (unpaired) electrons. The van der Waals surface area contributed by atoms with Gasteiger partial charge in [0, 0.05) is 30.3 Å². The number of hydrogen-bond donors (Lipinski definition) is 4. The first-order valence-corrected chi connectivity index (χ1v) is 9.74. The third-order valence-electron chi connectivity index (χ3n) is 3.41. The van der Waals surface area contributed by atoms with Crippen LogP contribution in [0.25, 0.3) is 6.08 Å². The number of carbonyl (C=O) groups is 3. The summed E-state index contributed by atoms with van der Waals surface area (Å²) in [5.41, 5.74) is 5.75. The minimum absolute atomic E-state index is 0.0114. The molecule has 2 rings (SSSR count). The number of hydrazine groups is 1. The molecule has 0 aliphatic heterocycles. The van der Waals surface area contributed by atoms with Crippen molar-refractivity contribution >= 4 is 52.5 Å². The Hall–Kier alpha value is -3.04. The van der Waals surface area contributed by atoms with E-state index in [1.54, 1.807) is 6.08 Å². The summed E-state index contributed by atoms with van der Waals surface area (Å²) in [4.78, 5) is 36.2. The van der Waals surface area contributed by atoms with E-state index >= 15 is 0 Å². The van der Waals surface area contributed by atoms with Crippen molar-refractivity contribution in [3.8, 4) is 0 Å². The molecule has 0 aliphatic rings. The third kappa shape index (κ3) is 8.56. The molecule has 1 aromatic heterocycles. The molecule has 0 fully saturated rings. The van der Waals surface area contributed by atoms with Crippen LogP contribution in [0.15, 0.2) is 53.9 Å². The van der Waals surface area contributed by atoms with Crippen LogP contribution in [-0.4, -0.2) is 22.8 Å². The van der Waals surface area contributed by atoms with E-state index < -0.39 is 11.8 Å². The van der Waals surface area contributed by atoms with Crippen molar-refractivity contribution < 1.29 is 14.4 Å². The van der Waals surface area contributed by atoms with Crippen molar-refractivity contribution in [2.24, 2.45) is 0 Å². The van der Waals surface area contributed by atoms with Crippen molar-refractivity contribution in [1.82, 2.24) is 21.5 Å². The Labute approximate surface area is 172 Å². The van der Waals surface area contributed by atoms with Crippen LogP contribution >= 0.6 is 23.6 Å². The first-order chi connectivity index (χ1) is 13.5. The Morgan fingerprint density at radius 2 is 1.71 bits per heavy atom. The van der Waals surface area contributed by atoms with Crippen LogP contribution in [0.4, 0.5) is 0 Å². The van der Waals surface area contributed by atoms with E-state index in [-0.39, 0.29) is 23.9 Å². The largest absolute Gasteiger partial charge is 0.352 e. The molecule has 4 N–H and O–H groups in total. The molecule has 7 nitrogen and oxygen atoms in total. The molecular weight excluding hydrogens is 396 g/mol.